The summed E-state index contributed by atoms with van der Waals surface area (Å²) in [6.45, 7) is 4.29. The van der Waals surface area contributed by atoms with Crippen LogP contribution in [0.25, 0.3) is 120 Å². The Hall–Kier alpha value is -8.32. The molecule has 0 fully saturated rings. The highest BCUT2D eigenvalue weighted by Gasteiger charge is 2.19. The van der Waals surface area contributed by atoms with E-state index in [0.29, 0.717) is 0 Å². The summed E-state index contributed by atoms with van der Waals surface area (Å²) in [5.41, 5.74) is 12.9. The zero-order valence-corrected chi connectivity index (χ0v) is 37.1. The van der Waals surface area contributed by atoms with Gasteiger partial charge in [-0.1, -0.05) is 230 Å². The number of benzene rings is 13. The van der Waals surface area contributed by atoms with Crippen LogP contribution in [0.3, 0.4) is 0 Å². The molecule has 0 bridgehead atoms. The van der Waals surface area contributed by atoms with Gasteiger partial charge >= 0.3 is 0 Å². The van der Waals surface area contributed by atoms with Gasteiger partial charge in [0, 0.05) is 0 Å². The quantitative estimate of drug-likeness (QED) is 0.155. The first-order valence-corrected chi connectivity index (χ1v) is 23.0. The first-order chi connectivity index (χ1) is 32.6. The smallest absolute Gasteiger partial charge is 0.00261 e. The molecule has 0 radical (unpaired) electrons. The topological polar surface area (TPSA) is 0 Å². The molecule has 0 N–H and O–H groups in total. The second kappa shape index (κ2) is 16.3. The minimum atomic E-state index is 1.26. The van der Waals surface area contributed by atoms with E-state index in [-0.39, 0.29) is 0 Å². The summed E-state index contributed by atoms with van der Waals surface area (Å²) >= 11 is 0. The lowest BCUT2D eigenvalue weighted by Gasteiger charge is -2.19. The third kappa shape index (κ3) is 6.87. The molecule has 13 rings (SSSR count). The minimum Gasteiger partial charge on any atom is -0.0616 e. The molecule has 0 saturated carbocycles. The van der Waals surface area contributed by atoms with Crippen LogP contribution in [0.2, 0.25) is 0 Å². The molecule has 0 aliphatic heterocycles. The molecule has 0 aromatic heterocycles. The van der Waals surface area contributed by atoms with Gasteiger partial charge in [-0.15, -0.1) is 0 Å². The Morgan fingerprint density at radius 3 is 0.742 bits per heavy atom. The maximum Gasteiger partial charge on any atom is -0.00261 e. The van der Waals surface area contributed by atoms with Gasteiger partial charge in [0.1, 0.15) is 0 Å². The first-order valence-electron chi connectivity index (χ1n) is 23.0. The number of rotatable bonds is 4. The monoisotopic (exact) mass is 838 g/mol. The molecule has 310 valence electrons. The van der Waals surface area contributed by atoms with Gasteiger partial charge in [-0.2, -0.15) is 0 Å². The van der Waals surface area contributed by atoms with Gasteiger partial charge < -0.3 is 0 Å². The number of aryl methyl sites for hydroxylation is 2. The lowest BCUT2D eigenvalue weighted by molar-refractivity contribution is 1.47. The van der Waals surface area contributed by atoms with Crippen LogP contribution in [0.1, 0.15) is 11.1 Å². The molecule has 0 amide bonds. The van der Waals surface area contributed by atoms with Gasteiger partial charge in [0.2, 0.25) is 0 Å². The normalized spacial score (nSPS) is 11.5. The van der Waals surface area contributed by atoms with Crippen molar-refractivity contribution >= 4 is 75.4 Å². The van der Waals surface area contributed by atoms with Crippen molar-refractivity contribution in [3.05, 3.63) is 254 Å². The van der Waals surface area contributed by atoms with Crippen LogP contribution in [-0.4, -0.2) is 0 Å². The summed E-state index contributed by atoms with van der Waals surface area (Å²) in [4.78, 5) is 0. The van der Waals surface area contributed by atoms with Crippen molar-refractivity contribution in [1.82, 2.24) is 0 Å². The van der Waals surface area contributed by atoms with Gasteiger partial charge in [0.15, 0.2) is 0 Å². The summed E-state index contributed by atoms with van der Waals surface area (Å²) in [6.07, 6.45) is 0. The minimum absolute atomic E-state index is 1.26. The highest BCUT2D eigenvalue weighted by Crippen LogP contribution is 2.46. The van der Waals surface area contributed by atoms with E-state index in [1.54, 1.807) is 0 Å². The fourth-order valence-corrected chi connectivity index (χ4v) is 10.4. The van der Waals surface area contributed by atoms with Crippen molar-refractivity contribution in [1.29, 1.82) is 0 Å². The average molecular weight is 839 g/mol. The van der Waals surface area contributed by atoms with E-state index in [4.69, 9.17) is 0 Å². The molecule has 0 aliphatic rings. The predicted octanol–water partition coefficient (Wildman–Crippen LogP) is 18.7. The third-order valence-electron chi connectivity index (χ3n) is 13.6. The van der Waals surface area contributed by atoms with Gasteiger partial charge in [0.05, 0.1) is 0 Å². The first kappa shape index (κ1) is 39.3. The fourth-order valence-electron chi connectivity index (χ4n) is 10.4. The molecule has 0 heteroatoms. The maximum absolute atomic E-state index is 2.38. The number of hydrogen-bond donors (Lipinski definition) is 0. The molecule has 13 aromatic carbocycles. The van der Waals surface area contributed by atoms with Crippen molar-refractivity contribution in [2.24, 2.45) is 0 Å². The number of hydrogen-bond acceptors (Lipinski definition) is 0. The summed E-state index contributed by atoms with van der Waals surface area (Å²) in [6, 6.07) is 88.8. The second-order valence-electron chi connectivity index (χ2n) is 17.7. The van der Waals surface area contributed by atoms with Crippen LogP contribution in [0.4, 0.5) is 0 Å². The van der Waals surface area contributed by atoms with E-state index >= 15 is 0 Å². The van der Waals surface area contributed by atoms with E-state index in [1.165, 1.54) is 131 Å². The van der Waals surface area contributed by atoms with Gasteiger partial charge in [-0.05, 0) is 158 Å². The van der Waals surface area contributed by atoms with Crippen LogP contribution in [0.5, 0.6) is 0 Å². The van der Waals surface area contributed by atoms with Crippen molar-refractivity contribution in [2.45, 2.75) is 13.8 Å². The SMILES string of the molecule is Cc1ccc(-c2c3ccccc3c(-c3ccc(C)cc3)c3cc4ccccc4cc23)cc1.c1ccc2cc(-c3c4ccccc4c(-c4ccc5ccccc5c4)c4ccccc34)ccc2c1. The Kier molecular flexibility index (Phi) is 9.73. The Bertz CT molecular complexity index is 3670. The molecule has 66 heavy (non-hydrogen) atoms. The van der Waals surface area contributed by atoms with Crippen LogP contribution < -0.4 is 0 Å². The second-order valence-corrected chi connectivity index (χ2v) is 17.7. The highest BCUT2D eigenvalue weighted by atomic mass is 14.2. The van der Waals surface area contributed by atoms with Gasteiger partial charge in [0.25, 0.3) is 0 Å². The van der Waals surface area contributed by atoms with Crippen molar-refractivity contribution in [2.75, 3.05) is 0 Å². The highest BCUT2D eigenvalue weighted by molar-refractivity contribution is 6.24. The Morgan fingerprint density at radius 2 is 0.424 bits per heavy atom. The van der Waals surface area contributed by atoms with E-state index in [1.807, 2.05) is 0 Å². The Balaban J connectivity index is 0.000000138. The molecule has 0 saturated heterocycles. The summed E-state index contributed by atoms with van der Waals surface area (Å²) < 4.78 is 0. The molecule has 13 aromatic rings. The molecular formula is C66H46. The average Bonchev–Trinajstić information content (AvgIpc) is 3.37. The van der Waals surface area contributed by atoms with Crippen LogP contribution in [0.15, 0.2) is 243 Å². The molecule has 0 nitrogen and oxygen atoms in total. The number of fused-ring (bicyclic) bond motifs is 7. The zero-order valence-electron chi connectivity index (χ0n) is 37.1. The van der Waals surface area contributed by atoms with E-state index in [2.05, 4.69) is 257 Å². The molecular weight excluding hydrogens is 793 g/mol. The van der Waals surface area contributed by atoms with Crippen LogP contribution in [-0.2, 0) is 0 Å². The zero-order chi connectivity index (χ0) is 44.1. The summed E-state index contributed by atoms with van der Waals surface area (Å²) in [7, 11) is 0. The largest absolute Gasteiger partial charge is 0.0616 e. The van der Waals surface area contributed by atoms with E-state index < -0.39 is 0 Å². The predicted molar refractivity (Wildman–Crippen MR) is 287 cm³/mol. The molecule has 0 unspecified atom stereocenters. The van der Waals surface area contributed by atoms with Gasteiger partial charge in [-0.25, -0.2) is 0 Å². The van der Waals surface area contributed by atoms with E-state index in [0.717, 1.165) is 0 Å². The van der Waals surface area contributed by atoms with Crippen LogP contribution in [0, 0.1) is 13.8 Å². The Labute approximate surface area is 385 Å². The molecule has 0 heterocycles. The summed E-state index contributed by atoms with van der Waals surface area (Å²) in [5.74, 6) is 0. The third-order valence-corrected chi connectivity index (χ3v) is 13.6. The molecule has 0 atom stereocenters. The Morgan fingerprint density at radius 1 is 0.182 bits per heavy atom. The van der Waals surface area contributed by atoms with Crippen molar-refractivity contribution < 1.29 is 0 Å². The molecule has 0 aliphatic carbocycles. The summed E-state index contributed by atoms with van der Waals surface area (Å²) in [5, 5.41) is 18.0. The molecule has 0 spiro atoms. The standard InChI is InChI=1S/C34H22.C32H24/c1-3-11-25-21-27(19-17-23(25)9-1)33-29-13-5-7-15-31(29)34(32-16-8-6-14-30(32)33)28-20-18-24-10-2-4-12-26(24)22-28;1-21-11-15-23(16-12-21)31-27-9-5-6-10-28(27)32(24-17-13-22(2)14-18-24)30-20-26-8-4-3-7-25(26)19-29(30)31/h1-22H;3-20H,1-2H3. The lowest BCUT2D eigenvalue weighted by atomic mass is 9.84. The van der Waals surface area contributed by atoms with Crippen LogP contribution >= 0.6 is 0 Å². The fraction of sp³-hybridized carbons (Fsp3) is 0.0303. The van der Waals surface area contributed by atoms with Gasteiger partial charge in [-0.3, -0.25) is 0 Å². The van der Waals surface area contributed by atoms with E-state index in [9.17, 15) is 0 Å². The lowest BCUT2D eigenvalue weighted by Crippen LogP contribution is -1.91. The van der Waals surface area contributed by atoms with Crippen molar-refractivity contribution in [3.8, 4) is 44.5 Å². The van der Waals surface area contributed by atoms with Crippen molar-refractivity contribution in [3.63, 3.8) is 0 Å². The maximum atomic E-state index is 2.38.